The van der Waals surface area contributed by atoms with Gasteiger partial charge in [-0.15, -0.1) is 0 Å². The molecule has 0 aliphatic rings. The molecule has 1 aromatic carbocycles. The highest BCUT2D eigenvalue weighted by molar-refractivity contribution is 6.06. The summed E-state index contributed by atoms with van der Waals surface area (Å²) < 4.78 is 5.04. The number of nitrogens with zero attached hydrogens (tertiary/aromatic N) is 2. The summed E-state index contributed by atoms with van der Waals surface area (Å²) in [6, 6.07) is 7.07. The van der Waals surface area contributed by atoms with Gasteiger partial charge in [0.05, 0.1) is 17.6 Å². The van der Waals surface area contributed by atoms with Crippen molar-refractivity contribution < 1.29 is 14.5 Å². The number of hydrogen-bond acceptors (Lipinski definition) is 5. The first-order valence-electron chi connectivity index (χ1n) is 5.65. The second kappa shape index (κ2) is 5.79. The van der Waals surface area contributed by atoms with Crippen molar-refractivity contribution >= 4 is 17.3 Å². The normalized spacial score (nSPS) is 9.85. The minimum atomic E-state index is -0.567. The van der Waals surface area contributed by atoms with E-state index in [4.69, 9.17) is 4.74 Å². The second-order valence-electron chi connectivity index (χ2n) is 3.83. The predicted molar refractivity (Wildman–Crippen MR) is 71.8 cm³/mol. The molecule has 0 saturated carbocycles. The Bertz CT molecular complexity index is 643. The van der Waals surface area contributed by atoms with Crippen molar-refractivity contribution in [1.82, 2.24) is 4.98 Å². The lowest BCUT2D eigenvalue weighted by Gasteiger charge is -2.09. The highest BCUT2D eigenvalue weighted by Gasteiger charge is 2.17. The summed E-state index contributed by atoms with van der Waals surface area (Å²) in [5.74, 6) is -0.223. The number of benzene rings is 1. The highest BCUT2D eigenvalue weighted by Crippen LogP contribution is 2.24. The van der Waals surface area contributed by atoms with Crippen LogP contribution in [0.2, 0.25) is 0 Å². The molecule has 0 spiro atoms. The van der Waals surface area contributed by atoms with Crippen LogP contribution in [0.4, 0.5) is 11.4 Å². The van der Waals surface area contributed by atoms with Crippen LogP contribution >= 0.6 is 0 Å². The summed E-state index contributed by atoms with van der Waals surface area (Å²) in [5, 5.41) is 13.4. The third kappa shape index (κ3) is 2.89. The van der Waals surface area contributed by atoms with E-state index in [1.54, 1.807) is 12.1 Å². The third-order valence-corrected chi connectivity index (χ3v) is 2.58. The van der Waals surface area contributed by atoms with Crippen molar-refractivity contribution in [3.05, 3.63) is 58.4 Å². The van der Waals surface area contributed by atoms with E-state index in [-0.39, 0.29) is 17.0 Å². The van der Waals surface area contributed by atoms with Crippen LogP contribution in [0.3, 0.4) is 0 Å². The summed E-state index contributed by atoms with van der Waals surface area (Å²) in [7, 11) is 1.39. The van der Waals surface area contributed by atoms with Gasteiger partial charge in [-0.05, 0) is 18.2 Å². The van der Waals surface area contributed by atoms with Gasteiger partial charge in [-0.25, -0.2) is 0 Å². The van der Waals surface area contributed by atoms with Gasteiger partial charge in [0.2, 0.25) is 0 Å². The van der Waals surface area contributed by atoms with Gasteiger partial charge in [0.1, 0.15) is 5.75 Å². The standard InChI is InChI=1S/C13H11N3O4/c1-20-12-3-2-10(16(18)19)8-11(12)13(17)15-9-4-6-14-7-5-9/h2-8H,1H3,(H,14,15,17). The average Bonchev–Trinajstić information content (AvgIpc) is 2.47. The number of nitrogens with one attached hydrogen (secondary N) is 1. The molecule has 7 heteroatoms. The average molecular weight is 273 g/mol. The number of nitro groups is 1. The van der Waals surface area contributed by atoms with Crippen LogP contribution in [-0.2, 0) is 0 Å². The Labute approximate surface area is 114 Å². The van der Waals surface area contributed by atoms with E-state index in [9.17, 15) is 14.9 Å². The molecule has 0 unspecified atom stereocenters. The number of nitro benzene ring substituents is 1. The van der Waals surface area contributed by atoms with Crippen LogP contribution < -0.4 is 10.1 Å². The zero-order valence-electron chi connectivity index (χ0n) is 10.6. The first kappa shape index (κ1) is 13.5. The molecule has 0 aliphatic heterocycles. The lowest BCUT2D eigenvalue weighted by molar-refractivity contribution is -0.384. The number of non-ortho nitro benzene ring substituents is 1. The second-order valence-corrected chi connectivity index (χ2v) is 3.83. The summed E-state index contributed by atoms with van der Waals surface area (Å²) in [6.45, 7) is 0. The summed E-state index contributed by atoms with van der Waals surface area (Å²) in [4.78, 5) is 26.2. The Morgan fingerprint density at radius 3 is 2.60 bits per heavy atom. The molecule has 0 radical (unpaired) electrons. The van der Waals surface area contributed by atoms with Crippen LogP contribution in [0.5, 0.6) is 5.75 Å². The number of carbonyl (C=O) groups excluding carboxylic acids is 1. The molecule has 2 rings (SSSR count). The minimum Gasteiger partial charge on any atom is -0.496 e. The van der Waals surface area contributed by atoms with Crippen molar-refractivity contribution in [1.29, 1.82) is 0 Å². The number of methoxy groups -OCH3 is 1. The van der Waals surface area contributed by atoms with Gasteiger partial charge in [-0.3, -0.25) is 19.9 Å². The van der Waals surface area contributed by atoms with Gasteiger partial charge in [-0.1, -0.05) is 0 Å². The highest BCUT2D eigenvalue weighted by atomic mass is 16.6. The topological polar surface area (TPSA) is 94.4 Å². The monoisotopic (exact) mass is 273 g/mol. The summed E-state index contributed by atoms with van der Waals surface area (Å²) in [5.41, 5.74) is 0.461. The van der Waals surface area contributed by atoms with E-state index in [0.29, 0.717) is 5.69 Å². The Morgan fingerprint density at radius 1 is 1.30 bits per heavy atom. The fourth-order valence-electron chi connectivity index (χ4n) is 1.62. The van der Waals surface area contributed by atoms with E-state index in [1.165, 1.54) is 37.7 Å². The van der Waals surface area contributed by atoms with Gasteiger partial charge < -0.3 is 10.1 Å². The molecule has 0 atom stereocenters. The maximum Gasteiger partial charge on any atom is 0.270 e. The molecule has 2 aromatic rings. The van der Waals surface area contributed by atoms with Crippen molar-refractivity contribution in [3.8, 4) is 5.75 Å². The number of anilines is 1. The molecule has 0 fully saturated rings. The zero-order chi connectivity index (χ0) is 14.5. The van der Waals surface area contributed by atoms with E-state index < -0.39 is 10.8 Å². The molecule has 0 saturated heterocycles. The lowest BCUT2D eigenvalue weighted by Crippen LogP contribution is -2.13. The number of carbonyl (C=O) groups is 1. The smallest absolute Gasteiger partial charge is 0.270 e. The maximum atomic E-state index is 12.1. The Hall–Kier alpha value is -2.96. The van der Waals surface area contributed by atoms with Crippen LogP contribution in [0.25, 0.3) is 0 Å². The van der Waals surface area contributed by atoms with E-state index >= 15 is 0 Å². The van der Waals surface area contributed by atoms with E-state index in [1.807, 2.05) is 0 Å². The molecule has 102 valence electrons. The molecule has 20 heavy (non-hydrogen) atoms. The van der Waals surface area contributed by atoms with Crippen LogP contribution in [0, 0.1) is 10.1 Å². The van der Waals surface area contributed by atoms with Gasteiger partial charge in [0, 0.05) is 30.2 Å². The van der Waals surface area contributed by atoms with Gasteiger partial charge >= 0.3 is 0 Å². The molecule has 0 bridgehead atoms. The Balaban J connectivity index is 2.32. The van der Waals surface area contributed by atoms with Gasteiger partial charge in [-0.2, -0.15) is 0 Å². The van der Waals surface area contributed by atoms with Crippen molar-refractivity contribution in [2.24, 2.45) is 0 Å². The molecular weight excluding hydrogens is 262 g/mol. The maximum absolute atomic E-state index is 12.1. The molecule has 1 amide bonds. The molecule has 1 heterocycles. The van der Waals surface area contributed by atoms with E-state index in [0.717, 1.165) is 0 Å². The van der Waals surface area contributed by atoms with Crippen LogP contribution in [0.15, 0.2) is 42.7 Å². The molecule has 7 nitrogen and oxygen atoms in total. The van der Waals surface area contributed by atoms with Crippen LogP contribution in [-0.4, -0.2) is 22.9 Å². The van der Waals surface area contributed by atoms with Crippen molar-refractivity contribution in [3.63, 3.8) is 0 Å². The Morgan fingerprint density at radius 2 is 2.00 bits per heavy atom. The van der Waals surface area contributed by atoms with Gasteiger partial charge in [0.25, 0.3) is 11.6 Å². The zero-order valence-corrected chi connectivity index (χ0v) is 10.6. The molecule has 1 aromatic heterocycles. The molecular formula is C13H11N3O4. The quantitative estimate of drug-likeness (QED) is 0.681. The predicted octanol–water partition coefficient (Wildman–Crippen LogP) is 2.25. The number of rotatable bonds is 4. The number of hydrogen-bond donors (Lipinski definition) is 1. The summed E-state index contributed by atoms with van der Waals surface area (Å²) >= 11 is 0. The van der Waals surface area contributed by atoms with Crippen LogP contribution in [0.1, 0.15) is 10.4 Å². The summed E-state index contributed by atoms with van der Waals surface area (Å²) in [6.07, 6.45) is 3.06. The SMILES string of the molecule is COc1ccc([N+](=O)[O-])cc1C(=O)Nc1ccncc1. The number of amides is 1. The largest absolute Gasteiger partial charge is 0.496 e. The molecule has 1 N–H and O–H groups in total. The van der Waals surface area contributed by atoms with Gasteiger partial charge in [0.15, 0.2) is 0 Å². The number of ether oxygens (including phenoxy) is 1. The number of aromatic nitrogens is 1. The molecule has 0 aliphatic carbocycles. The fraction of sp³-hybridized carbons (Fsp3) is 0.0769. The Kier molecular flexibility index (Phi) is 3.90. The minimum absolute atomic E-state index is 0.0958. The number of pyridine rings is 1. The third-order valence-electron chi connectivity index (χ3n) is 2.58. The van der Waals surface area contributed by atoms with Crippen molar-refractivity contribution in [2.45, 2.75) is 0 Å². The first-order valence-corrected chi connectivity index (χ1v) is 5.65. The first-order chi connectivity index (χ1) is 9.61. The van der Waals surface area contributed by atoms with E-state index in [2.05, 4.69) is 10.3 Å². The fourth-order valence-corrected chi connectivity index (χ4v) is 1.62. The van der Waals surface area contributed by atoms with Crippen molar-refractivity contribution in [2.75, 3.05) is 12.4 Å². The lowest BCUT2D eigenvalue weighted by atomic mass is 10.1.